The van der Waals surface area contributed by atoms with Gasteiger partial charge in [-0.1, -0.05) is 20.8 Å². The van der Waals surface area contributed by atoms with E-state index in [9.17, 15) is 15.0 Å². The van der Waals surface area contributed by atoms with Crippen molar-refractivity contribution >= 4 is 5.97 Å². The molecule has 0 atom stereocenters. The number of carbonyl (C=O) groups is 1. The SMILES string of the molecule is C.CCCc1cc(O)cc(O)c1C(=O)O. The van der Waals surface area contributed by atoms with Crippen molar-refractivity contribution < 1.29 is 20.1 Å². The van der Waals surface area contributed by atoms with Gasteiger partial charge in [-0.15, -0.1) is 0 Å². The van der Waals surface area contributed by atoms with E-state index in [0.717, 1.165) is 12.5 Å². The van der Waals surface area contributed by atoms with Crippen molar-refractivity contribution in [1.29, 1.82) is 0 Å². The number of hydrogen-bond donors (Lipinski definition) is 3. The molecule has 0 fully saturated rings. The van der Waals surface area contributed by atoms with Gasteiger partial charge in [-0.3, -0.25) is 0 Å². The highest BCUT2D eigenvalue weighted by Gasteiger charge is 2.15. The van der Waals surface area contributed by atoms with Gasteiger partial charge in [0.25, 0.3) is 0 Å². The van der Waals surface area contributed by atoms with E-state index in [1.807, 2.05) is 6.92 Å². The topological polar surface area (TPSA) is 77.8 Å². The summed E-state index contributed by atoms with van der Waals surface area (Å²) in [6.07, 6.45) is 1.27. The van der Waals surface area contributed by atoms with E-state index in [4.69, 9.17) is 5.11 Å². The second-order valence-corrected chi connectivity index (χ2v) is 3.05. The monoisotopic (exact) mass is 212 g/mol. The molecule has 0 radical (unpaired) electrons. The molecule has 4 nitrogen and oxygen atoms in total. The van der Waals surface area contributed by atoms with E-state index < -0.39 is 5.97 Å². The number of carboxylic acid groups (broad SMARTS) is 1. The van der Waals surface area contributed by atoms with Gasteiger partial charge < -0.3 is 15.3 Å². The Kier molecular flexibility index (Phi) is 4.64. The highest BCUT2D eigenvalue weighted by Crippen LogP contribution is 2.27. The Morgan fingerprint density at radius 2 is 1.93 bits per heavy atom. The Balaban J connectivity index is 0.00000196. The third-order valence-corrected chi connectivity index (χ3v) is 1.92. The lowest BCUT2D eigenvalue weighted by Gasteiger charge is -2.07. The van der Waals surface area contributed by atoms with Crippen molar-refractivity contribution in [2.24, 2.45) is 0 Å². The summed E-state index contributed by atoms with van der Waals surface area (Å²) < 4.78 is 0. The standard InChI is InChI=1S/C10H12O4.CH4/c1-2-3-6-4-7(11)5-8(12)9(6)10(13)14;/h4-5,11-12H,2-3H2,1H3,(H,13,14);1H4. The van der Waals surface area contributed by atoms with Crippen LogP contribution in [0.4, 0.5) is 0 Å². The fourth-order valence-corrected chi connectivity index (χ4v) is 1.38. The van der Waals surface area contributed by atoms with Gasteiger partial charge >= 0.3 is 5.97 Å². The number of hydrogen-bond acceptors (Lipinski definition) is 3. The largest absolute Gasteiger partial charge is 0.508 e. The quantitative estimate of drug-likeness (QED) is 0.718. The van der Waals surface area contributed by atoms with Gasteiger partial charge in [-0.2, -0.15) is 0 Å². The molecule has 0 aliphatic rings. The Labute approximate surface area is 88.8 Å². The second kappa shape index (κ2) is 5.24. The van der Waals surface area contributed by atoms with Crippen LogP contribution in [0.3, 0.4) is 0 Å². The molecule has 3 N–H and O–H groups in total. The average Bonchev–Trinajstić information content (AvgIpc) is 2.01. The highest BCUT2D eigenvalue weighted by atomic mass is 16.4. The van der Waals surface area contributed by atoms with Crippen molar-refractivity contribution in [2.75, 3.05) is 0 Å². The van der Waals surface area contributed by atoms with Crippen LogP contribution in [0.25, 0.3) is 0 Å². The Bertz CT molecular complexity index is 358. The number of phenols is 2. The van der Waals surface area contributed by atoms with E-state index in [1.54, 1.807) is 0 Å². The lowest BCUT2D eigenvalue weighted by Crippen LogP contribution is -2.02. The number of rotatable bonds is 3. The molecule has 0 unspecified atom stereocenters. The van der Waals surface area contributed by atoms with Gasteiger partial charge in [0, 0.05) is 6.07 Å². The minimum absolute atomic E-state index is 0. The zero-order chi connectivity index (χ0) is 10.7. The number of aromatic hydroxyl groups is 2. The molecule has 0 bridgehead atoms. The van der Waals surface area contributed by atoms with Crippen LogP contribution in [-0.2, 0) is 6.42 Å². The molecule has 0 saturated carbocycles. The minimum Gasteiger partial charge on any atom is -0.508 e. The van der Waals surface area contributed by atoms with E-state index >= 15 is 0 Å². The van der Waals surface area contributed by atoms with Crippen LogP contribution in [0.15, 0.2) is 12.1 Å². The van der Waals surface area contributed by atoms with Crippen LogP contribution in [0.2, 0.25) is 0 Å². The maximum atomic E-state index is 10.8. The van der Waals surface area contributed by atoms with E-state index in [1.165, 1.54) is 6.07 Å². The van der Waals surface area contributed by atoms with Crippen molar-refractivity contribution in [3.8, 4) is 11.5 Å². The van der Waals surface area contributed by atoms with Gasteiger partial charge in [-0.25, -0.2) is 4.79 Å². The summed E-state index contributed by atoms with van der Waals surface area (Å²) in [7, 11) is 0. The smallest absolute Gasteiger partial charge is 0.339 e. The summed E-state index contributed by atoms with van der Waals surface area (Å²) in [6.45, 7) is 1.90. The number of benzene rings is 1. The van der Waals surface area contributed by atoms with Crippen LogP contribution < -0.4 is 0 Å². The molecule has 0 aliphatic carbocycles. The first-order chi connectivity index (χ1) is 6.56. The molecule has 4 heteroatoms. The molecule has 1 aromatic rings. The van der Waals surface area contributed by atoms with Crippen molar-refractivity contribution in [2.45, 2.75) is 27.2 Å². The summed E-state index contributed by atoms with van der Waals surface area (Å²) in [4.78, 5) is 10.8. The van der Waals surface area contributed by atoms with Crippen LogP contribution in [0.5, 0.6) is 11.5 Å². The fourth-order valence-electron chi connectivity index (χ4n) is 1.38. The van der Waals surface area contributed by atoms with Gasteiger partial charge in [-0.05, 0) is 18.1 Å². The average molecular weight is 212 g/mol. The minimum atomic E-state index is -1.18. The lowest BCUT2D eigenvalue weighted by atomic mass is 10.0. The fraction of sp³-hybridized carbons (Fsp3) is 0.364. The Hall–Kier alpha value is -1.71. The predicted octanol–water partition coefficient (Wildman–Crippen LogP) is 2.38. The molecule has 0 aliphatic heterocycles. The van der Waals surface area contributed by atoms with Crippen LogP contribution in [-0.4, -0.2) is 21.3 Å². The number of aryl methyl sites for hydroxylation is 1. The number of aromatic carboxylic acids is 1. The zero-order valence-electron chi connectivity index (χ0n) is 7.82. The maximum Gasteiger partial charge on any atom is 0.339 e. The molecular formula is C11H16O4. The number of phenolic OH excluding ortho intramolecular Hbond substituents is 1. The molecule has 1 aromatic carbocycles. The molecule has 15 heavy (non-hydrogen) atoms. The van der Waals surface area contributed by atoms with Crippen molar-refractivity contribution in [3.05, 3.63) is 23.3 Å². The molecule has 0 amide bonds. The third-order valence-electron chi connectivity index (χ3n) is 1.92. The van der Waals surface area contributed by atoms with Crippen molar-refractivity contribution in [3.63, 3.8) is 0 Å². The molecule has 0 aromatic heterocycles. The first-order valence-electron chi connectivity index (χ1n) is 4.34. The van der Waals surface area contributed by atoms with Crippen LogP contribution in [0, 0.1) is 0 Å². The van der Waals surface area contributed by atoms with E-state index in [0.29, 0.717) is 12.0 Å². The summed E-state index contributed by atoms with van der Waals surface area (Å²) in [5.41, 5.74) is 0.335. The number of carboxylic acids is 1. The van der Waals surface area contributed by atoms with E-state index in [-0.39, 0.29) is 24.5 Å². The van der Waals surface area contributed by atoms with E-state index in [2.05, 4.69) is 0 Å². The lowest BCUT2D eigenvalue weighted by molar-refractivity contribution is 0.0692. The van der Waals surface area contributed by atoms with Gasteiger partial charge in [0.2, 0.25) is 0 Å². The van der Waals surface area contributed by atoms with Crippen molar-refractivity contribution in [1.82, 2.24) is 0 Å². The Morgan fingerprint density at radius 1 is 1.33 bits per heavy atom. The molecule has 0 spiro atoms. The Morgan fingerprint density at radius 3 is 2.40 bits per heavy atom. The van der Waals surface area contributed by atoms with Crippen LogP contribution >= 0.6 is 0 Å². The summed E-state index contributed by atoms with van der Waals surface area (Å²) >= 11 is 0. The van der Waals surface area contributed by atoms with Gasteiger partial charge in [0.05, 0.1) is 0 Å². The molecule has 1 rings (SSSR count). The maximum absolute atomic E-state index is 10.8. The highest BCUT2D eigenvalue weighted by molar-refractivity contribution is 5.92. The van der Waals surface area contributed by atoms with Crippen LogP contribution in [0.1, 0.15) is 36.7 Å². The van der Waals surface area contributed by atoms with Gasteiger partial charge in [0.15, 0.2) is 0 Å². The molecule has 84 valence electrons. The molecule has 0 heterocycles. The first-order valence-corrected chi connectivity index (χ1v) is 4.34. The second-order valence-electron chi connectivity index (χ2n) is 3.05. The van der Waals surface area contributed by atoms with Gasteiger partial charge in [0.1, 0.15) is 17.1 Å². The summed E-state index contributed by atoms with van der Waals surface area (Å²) in [5.74, 6) is -1.68. The normalized spacial score (nSPS) is 9.40. The molecule has 0 saturated heterocycles. The predicted molar refractivity (Wildman–Crippen MR) is 57.5 cm³/mol. The molecular weight excluding hydrogens is 196 g/mol. The summed E-state index contributed by atoms with van der Waals surface area (Å²) in [6, 6.07) is 2.40. The summed E-state index contributed by atoms with van der Waals surface area (Å²) in [5, 5.41) is 27.3. The first kappa shape index (κ1) is 13.3. The zero-order valence-corrected chi connectivity index (χ0v) is 7.82. The third kappa shape index (κ3) is 2.87.